The number of carboxylic acid groups (broad SMARTS) is 1. The van der Waals surface area contributed by atoms with Crippen LogP contribution in [0.1, 0.15) is 16.2 Å². The lowest BCUT2D eigenvalue weighted by Gasteiger charge is -2.01. The van der Waals surface area contributed by atoms with Gasteiger partial charge in [-0.15, -0.1) is 0 Å². The summed E-state index contributed by atoms with van der Waals surface area (Å²) in [4.78, 5) is 10.8. The molecular formula is C9H7ClN2O3. The average Bonchev–Trinajstić information content (AvgIpc) is 2.75. The van der Waals surface area contributed by atoms with E-state index in [1.54, 1.807) is 6.07 Å². The highest BCUT2D eigenvalue weighted by atomic mass is 35.5. The van der Waals surface area contributed by atoms with Gasteiger partial charge in [0.1, 0.15) is 5.69 Å². The van der Waals surface area contributed by atoms with Crippen LogP contribution in [0, 0.1) is 0 Å². The van der Waals surface area contributed by atoms with Crippen LogP contribution in [-0.4, -0.2) is 20.8 Å². The molecule has 15 heavy (non-hydrogen) atoms. The Morgan fingerprint density at radius 1 is 1.67 bits per heavy atom. The summed E-state index contributed by atoms with van der Waals surface area (Å²) < 4.78 is 6.37. The molecule has 0 fully saturated rings. The van der Waals surface area contributed by atoms with Crippen molar-refractivity contribution in [3.63, 3.8) is 0 Å². The van der Waals surface area contributed by atoms with Crippen molar-refractivity contribution in [1.82, 2.24) is 9.72 Å². The molecule has 2 aromatic heterocycles. The number of aromatic nitrogens is 2. The molecule has 0 amide bonds. The Bertz CT molecular complexity index is 476. The fourth-order valence-electron chi connectivity index (χ4n) is 1.28. The number of halogens is 1. The second-order valence-electron chi connectivity index (χ2n) is 2.96. The van der Waals surface area contributed by atoms with E-state index in [2.05, 4.69) is 5.16 Å². The van der Waals surface area contributed by atoms with E-state index >= 15 is 0 Å². The van der Waals surface area contributed by atoms with Gasteiger partial charge in [0.15, 0.2) is 5.76 Å². The fraction of sp³-hybridized carbons (Fsp3) is 0.111. The Balaban J connectivity index is 2.31. The minimum atomic E-state index is -1.03. The zero-order chi connectivity index (χ0) is 10.8. The van der Waals surface area contributed by atoms with E-state index in [0.29, 0.717) is 17.3 Å². The number of nitrogens with zero attached hydrogens (tertiary/aromatic N) is 2. The first-order chi connectivity index (χ1) is 7.16. The summed E-state index contributed by atoms with van der Waals surface area (Å²) in [5, 5.41) is 12.8. The molecular weight excluding hydrogens is 220 g/mol. The van der Waals surface area contributed by atoms with Crippen molar-refractivity contribution in [3.8, 4) is 0 Å². The highest BCUT2D eigenvalue weighted by Gasteiger charge is 2.12. The molecule has 2 heterocycles. The summed E-state index contributed by atoms with van der Waals surface area (Å²) in [5.41, 5.74) is 0.122. The fourth-order valence-corrected chi connectivity index (χ4v) is 1.50. The minimum absolute atomic E-state index is 0.122. The molecule has 0 unspecified atom stereocenters. The van der Waals surface area contributed by atoms with Gasteiger partial charge in [-0.25, -0.2) is 4.79 Å². The largest absolute Gasteiger partial charge is 0.477 e. The van der Waals surface area contributed by atoms with Gasteiger partial charge in [0.05, 0.1) is 17.8 Å². The van der Waals surface area contributed by atoms with Crippen molar-refractivity contribution < 1.29 is 14.4 Å². The Morgan fingerprint density at radius 3 is 3.07 bits per heavy atom. The van der Waals surface area contributed by atoms with Gasteiger partial charge in [-0.2, -0.15) is 0 Å². The molecule has 6 heteroatoms. The van der Waals surface area contributed by atoms with Crippen LogP contribution in [0.15, 0.2) is 29.0 Å². The van der Waals surface area contributed by atoms with Gasteiger partial charge in [-0.1, -0.05) is 16.8 Å². The van der Waals surface area contributed by atoms with E-state index in [4.69, 9.17) is 21.2 Å². The van der Waals surface area contributed by atoms with Gasteiger partial charge in [0.25, 0.3) is 0 Å². The van der Waals surface area contributed by atoms with Crippen LogP contribution < -0.4 is 0 Å². The first kappa shape index (κ1) is 9.79. The molecule has 0 radical (unpaired) electrons. The Hall–Kier alpha value is -1.75. The molecule has 0 aromatic carbocycles. The van der Waals surface area contributed by atoms with Crippen molar-refractivity contribution in [2.24, 2.45) is 0 Å². The third kappa shape index (κ3) is 2.02. The maximum absolute atomic E-state index is 10.8. The van der Waals surface area contributed by atoms with Gasteiger partial charge < -0.3 is 14.2 Å². The Kier molecular flexibility index (Phi) is 2.47. The summed E-state index contributed by atoms with van der Waals surface area (Å²) in [6.07, 6.45) is 3.04. The normalized spacial score (nSPS) is 10.5. The first-order valence-corrected chi connectivity index (χ1v) is 4.53. The van der Waals surface area contributed by atoms with E-state index in [1.807, 2.05) is 0 Å². The van der Waals surface area contributed by atoms with Crippen LogP contribution in [0.25, 0.3) is 0 Å². The third-order valence-corrected chi connectivity index (χ3v) is 2.11. The van der Waals surface area contributed by atoms with Gasteiger partial charge in [0.2, 0.25) is 0 Å². The van der Waals surface area contributed by atoms with Crippen LogP contribution in [-0.2, 0) is 6.54 Å². The molecule has 78 valence electrons. The number of carboxylic acids is 1. The van der Waals surface area contributed by atoms with E-state index in [0.717, 1.165) is 0 Å². The number of hydrogen-bond acceptors (Lipinski definition) is 3. The second kappa shape index (κ2) is 3.78. The molecule has 0 bridgehead atoms. The van der Waals surface area contributed by atoms with E-state index < -0.39 is 5.97 Å². The molecule has 0 atom stereocenters. The molecule has 0 saturated carbocycles. The van der Waals surface area contributed by atoms with Crippen LogP contribution in [0.2, 0.25) is 5.02 Å². The lowest BCUT2D eigenvalue weighted by atomic mass is 10.4. The van der Waals surface area contributed by atoms with Crippen LogP contribution in [0.4, 0.5) is 0 Å². The van der Waals surface area contributed by atoms with E-state index in [-0.39, 0.29) is 5.69 Å². The van der Waals surface area contributed by atoms with Crippen molar-refractivity contribution in [2.45, 2.75) is 6.54 Å². The average molecular weight is 227 g/mol. The monoisotopic (exact) mass is 226 g/mol. The SMILES string of the molecule is O=C(O)c1cc(Cl)cn1Cc1ccno1. The maximum Gasteiger partial charge on any atom is 0.352 e. The van der Waals surface area contributed by atoms with Crippen LogP contribution >= 0.6 is 11.6 Å². The Labute approximate surface area is 89.9 Å². The predicted molar refractivity (Wildman–Crippen MR) is 52.0 cm³/mol. The van der Waals surface area contributed by atoms with Gasteiger partial charge >= 0.3 is 5.97 Å². The summed E-state index contributed by atoms with van der Waals surface area (Å²) in [5.74, 6) is -0.453. The zero-order valence-corrected chi connectivity index (χ0v) is 8.31. The van der Waals surface area contributed by atoms with Crippen molar-refractivity contribution in [3.05, 3.63) is 41.0 Å². The predicted octanol–water partition coefficient (Wildman–Crippen LogP) is 1.88. The molecule has 0 aliphatic heterocycles. The minimum Gasteiger partial charge on any atom is -0.477 e. The molecule has 5 nitrogen and oxygen atoms in total. The summed E-state index contributed by atoms with van der Waals surface area (Å²) >= 11 is 5.72. The zero-order valence-electron chi connectivity index (χ0n) is 7.55. The molecule has 0 spiro atoms. The highest BCUT2D eigenvalue weighted by molar-refractivity contribution is 6.30. The molecule has 0 aliphatic carbocycles. The van der Waals surface area contributed by atoms with Crippen molar-refractivity contribution >= 4 is 17.6 Å². The number of rotatable bonds is 3. The summed E-state index contributed by atoms with van der Waals surface area (Å²) in [6.45, 7) is 0.300. The molecule has 1 N–H and O–H groups in total. The Morgan fingerprint density at radius 2 is 2.47 bits per heavy atom. The molecule has 2 aromatic rings. The maximum atomic E-state index is 10.8. The molecule has 2 rings (SSSR count). The topological polar surface area (TPSA) is 68.3 Å². The van der Waals surface area contributed by atoms with Crippen molar-refractivity contribution in [2.75, 3.05) is 0 Å². The lowest BCUT2D eigenvalue weighted by Crippen LogP contribution is -2.07. The number of hydrogen-bond donors (Lipinski definition) is 1. The van der Waals surface area contributed by atoms with Gasteiger partial charge in [0, 0.05) is 12.3 Å². The number of aromatic carboxylic acids is 1. The third-order valence-electron chi connectivity index (χ3n) is 1.90. The van der Waals surface area contributed by atoms with Gasteiger partial charge in [-0.05, 0) is 6.07 Å². The lowest BCUT2D eigenvalue weighted by molar-refractivity contribution is 0.0685. The molecule has 0 aliphatic rings. The first-order valence-electron chi connectivity index (χ1n) is 4.15. The second-order valence-corrected chi connectivity index (χ2v) is 3.39. The summed E-state index contributed by atoms with van der Waals surface area (Å²) in [7, 11) is 0. The number of carbonyl (C=O) groups is 1. The highest BCUT2D eigenvalue weighted by Crippen LogP contribution is 2.15. The quantitative estimate of drug-likeness (QED) is 0.868. The smallest absolute Gasteiger partial charge is 0.352 e. The van der Waals surface area contributed by atoms with E-state index in [1.165, 1.54) is 23.0 Å². The summed E-state index contributed by atoms with van der Waals surface area (Å²) in [6, 6.07) is 3.06. The van der Waals surface area contributed by atoms with Crippen LogP contribution in [0.3, 0.4) is 0 Å². The van der Waals surface area contributed by atoms with E-state index in [9.17, 15) is 4.79 Å². The standard InChI is InChI=1S/C9H7ClN2O3/c10-6-3-8(9(13)14)12(4-6)5-7-1-2-11-15-7/h1-4H,5H2,(H,13,14). The van der Waals surface area contributed by atoms with Gasteiger partial charge in [-0.3, -0.25) is 0 Å². The van der Waals surface area contributed by atoms with Crippen molar-refractivity contribution in [1.29, 1.82) is 0 Å². The van der Waals surface area contributed by atoms with Crippen LogP contribution in [0.5, 0.6) is 0 Å². The molecule has 0 saturated heterocycles.